The van der Waals surface area contributed by atoms with Crippen LogP contribution in [0.25, 0.3) is 0 Å². The van der Waals surface area contributed by atoms with E-state index in [1.807, 2.05) is 95.3 Å². The van der Waals surface area contributed by atoms with Gasteiger partial charge in [-0.15, -0.1) is 11.8 Å². The lowest BCUT2D eigenvalue weighted by Crippen LogP contribution is -2.59. The summed E-state index contributed by atoms with van der Waals surface area (Å²) < 4.78 is 5.21. The maximum atomic E-state index is 13.9. The van der Waals surface area contributed by atoms with E-state index in [2.05, 4.69) is 10.6 Å². The number of thioether (sulfide) groups is 1. The zero-order valence-electron chi connectivity index (χ0n) is 25.9. The number of amides is 3. The van der Waals surface area contributed by atoms with Gasteiger partial charge in [0, 0.05) is 17.0 Å². The highest BCUT2D eigenvalue weighted by molar-refractivity contribution is 8.00. The summed E-state index contributed by atoms with van der Waals surface area (Å²) in [6.07, 6.45) is -1.39. The average molecular weight is 619 g/mol. The first-order chi connectivity index (χ1) is 20.9. The predicted molar refractivity (Wildman–Crippen MR) is 174 cm³/mol. The highest BCUT2D eigenvalue weighted by atomic mass is 32.2. The first-order valence-corrected chi connectivity index (χ1v) is 15.6. The molecule has 234 valence electrons. The number of carbonyl (C=O) groups excluding carboxylic acids is 3. The van der Waals surface area contributed by atoms with E-state index in [0.717, 1.165) is 27.8 Å². The van der Waals surface area contributed by atoms with Crippen molar-refractivity contribution >= 4 is 35.2 Å². The summed E-state index contributed by atoms with van der Waals surface area (Å²) in [7, 11) is 0. The van der Waals surface area contributed by atoms with Crippen molar-refractivity contribution in [1.82, 2.24) is 15.5 Å². The molecule has 0 spiro atoms. The van der Waals surface area contributed by atoms with E-state index in [1.54, 1.807) is 6.07 Å². The normalized spacial score (nSPS) is 17.0. The second-order valence-electron chi connectivity index (χ2n) is 11.8. The second kappa shape index (κ2) is 14.2. The molecule has 4 rings (SSSR count). The number of benzene rings is 3. The molecule has 3 atom stereocenters. The highest BCUT2D eigenvalue weighted by Crippen LogP contribution is 2.40. The van der Waals surface area contributed by atoms with Crippen LogP contribution in [0, 0.1) is 20.8 Å². The standard InChI is InChI=1S/C34H42N4O5S/c1-21-11-9-12-22(2)30(21)43-19-28(39)37-27(17-24-13-7-6-8-14-24)29(40)33(42)38-20-44-34(4,5)31(38)32(41)36-18-25-15-10-16-26(35)23(25)3/h6-16,27,29,31,40H,17-20,35H2,1-5H3,(H,36,41)(H,37,39)/t27-,29-,31+/m0/s1. The Bertz CT molecular complexity index is 1480. The van der Waals surface area contributed by atoms with Crippen molar-refractivity contribution in [2.24, 2.45) is 0 Å². The summed E-state index contributed by atoms with van der Waals surface area (Å²) in [5, 5.41) is 17.2. The van der Waals surface area contributed by atoms with Gasteiger partial charge in [0.1, 0.15) is 11.8 Å². The molecule has 1 heterocycles. The minimum Gasteiger partial charge on any atom is -0.483 e. The summed E-state index contributed by atoms with van der Waals surface area (Å²) in [5.74, 6) is -0.575. The van der Waals surface area contributed by atoms with Crippen LogP contribution in [0.2, 0.25) is 0 Å². The van der Waals surface area contributed by atoms with Gasteiger partial charge < -0.3 is 31.1 Å². The fraction of sp³-hybridized carbons (Fsp3) is 0.382. The third-order valence-electron chi connectivity index (χ3n) is 8.05. The third-order valence-corrected chi connectivity index (χ3v) is 9.43. The molecule has 10 heteroatoms. The number of nitrogen functional groups attached to an aromatic ring is 1. The molecule has 0 bridgehead atoms. The number of anilines is 1. The Hall–Kier alpha value is -4.02. The molecule has 3 amide bonds. The number of nitrogens with zero attached hydrogens (tertiary/aromatic N) is 1. The van der Waals surface area contributed by atoms with Crippen LogP contribution in [0.4, 0.5) is 5.69 Å². The molecule has 1 fully saturated rings. The first kappa shape index (κ1) is 32.9. The van der Waals surface area contributed by atoms with Gasteiger partial charge in [0.25, 0.3) is 11.8 Å². The van der Waals surface area contributed by atoms with Crippen LogP contribution in [-0.2, 0) is 27.3 Å². The van der Waals surface area contributed by atoms with Crippen molar-refractivity contribution in [1.29, 1.82) is 0 Å². The Morgan fingerprint density at radius 2 is 1.68 bits per heavy atom. The monoisotopic (exact) mass is 618 g/mol. The van der Waals surface area contributed by atoms with E-state index in [-0.39, 0.29) is 31.4 Å². The maximum Gasteiger partial charge on any atom is 0.258 e. The Balaban J connectivity index is 1.50. The van der Waals surface area contributed by atoms with Crippen molar-refractivity contribution in [3.05, 3.63) is 94.5 Å². The second-order valence-corrected chi connectivity index (χ2v) is 13.4. The van der Waals surface area contributed by atoms with E-state index in [4.69, 9.17) is 10.5 Å². The molecule has 0 unspecified atom stereocenters. The molecule has 0 aromatic heterocycles. The Kier molecular flexibility index (Phi) is 10.6. The Labute approximate surface area is 263 Å². The van der Waals surface area contributed by atoms with Gasteiger partial charge in [-0.05, 0) is 74.9 Å². The molecular formula is C34H42N4O5S. The molecule has 5 N–H and O–H groups in total. The topological polar surface area (TPSA) is 134 Å². The van der Waals surface area contributed by atoms with Crippen LogP contribution in [0.3, 0.4) is 0 Å². The van der Waals surface area contributed by atoms with E-state index >= 15 is 0 Å². The van der Waals surface area contributed by atoms with Gasteiger partial charge in [0.2, 0.25) is 5.91 Å². The lowest BCUT2D eigenvalue weighted by molar-refractivity contribution is -0.148. The van der Waals surface area contributed by atoms with Gasteiger partial charge in [0.15, 0.2) is 12.7 Å². The highest BCUT2D eigenvalue weighted by Gasteiger charge is 2.49. The van der Waals surface area contributed by atoms with Crippen LogP contribution in [-0.4, -0.2) is 63.1 Å². The number of aliphatic hydroxyl groups is 1. The number of para-hydroxylation sites is 1. The number of nitrogens with one attached hydrogen (secondary N) is 2. The summed E-state index contributed by atoms with van der Waals surface area (Å²) >= 11 is 1.46. The SMILES string of the molecule is Cc1cccc(C)c1OCC(=O)N[C@@H](Cc1ccccc1)[C@H](O)C(=O)N1CSC(C)(C)[C@H]1C(=O)NCc1cccc(N)c1C. The molecule has 1 aliphatic rings. The Morgan fingerprint density at radius 3 is 2.36 bits per heavy atom. The molecule has 1 saturated heterocycles. The molecule has 1 aliphatic heterocycles. The number of hydrogen-bond acceptors (Lipinski definition) is 7. The van der Waals surface area contributed by atoms with E-state index < -0.39 is 34.7 Å². The molecule has 9 nitrogen and oxygen atoms in total. The summed E-state index contributed by atoms with van der Waals surface area (Å²) in [4.78, 5) is 41.9. The summed E-state index contributed by atoms with van der Waals surface area (Å²) in [6.45, 7) is 9.48. The smallest absolute Gasteiger partial charge is 0.258 e. The number of nitrogens with two attached hydrogens (primary N) is 1. The fourth-order valence-corrected chi connectivity index (χ4v) is 6.59. The summed E-state index contributed by atoms with van der Waals surface area (Å²) in [6, 6.07) is 18.8. The summed E-state index contributed by atoms with van der Waals surface area (Å²) in [5.41, 5.74) is 11.1. The van der Waals surface area contributed by atoms with Gasteiger partial charge in [-0.2, -0.15) is 0 Å². The largest absolute Gasteiger partial charge is 0.483 e. The molecule has 3 aromatic carbocycles. The number of aliphatic hydroxyl groups excluding tert-OH is 1. The number of rotatable bonds is 11. The van der Waals surface area contributed by atoms with Crippen LogP contribution >= 0.6 is 11.8 Å². The number of hydrogen-bond donors (Lipinski definition) is 4. The minimum absolute atomic E-state index is 0.207. The van der Waals surface area contributed by atoms with E-state index in [1.165, 1.54) is 16.7 Å². The number of carbonyl (C=O) groups is 3. The third kappa shape index (κ3) is 7.73. The van der Waals surface area contributed by atoms with Gasteiger partial charge in [-0.3, -0.25) is 14.4 Å². The van der Waals surface area contributed by atoms with Crippen molar-refractivity contribution in [2.45, 2.75) is 70.5 Å². The quantitative estimate of drug-likeness (QED) is 0.241. The van der Waals surface area contributed by atoms with Crippen LogP contribution in [0.1, 0.15) is 41.7 Å². The van der Waals surface area contributed by atoms with Crippen LogP contribution in [0.15, 0.2) is 66.7 Å². The average Bonchev–Trinajstić information content (AvgIpc) is 3.31. The number of ether oxygens (including phenoxy) is 1. The lowest BCUT2D eigenvalue weighted by Gasteiger charge is -2.33. The maximum absolute atomic E-state index is 13.9. The predicted octanol–water partition coefficient (Wildman–Crippen LogP) is 3.66. The minimum atomic E-state index is -1.60. The molecule has 0 saturated carbocycles. The van der Waals surface area contributed by atoms with Gasteiger partial charge in [-0.25, -0.2) is 0 Å². The fourth-order valence-electron chi connectivity index (χ4n) is 5.45. The van der Waals surface area contributed by atoms with Crippen LogP contribution < -0.4 is 21.1 Å². The zero-order chi connectivity index (χ0) is 32.0. The van der Waals surface area contributed by atoms with Crippen molar-refractivity contribution in [3.63, 3.8) is 0 Å². The van der Waals surface area contributed by atoms with Gasteiger partial charge >= 0.3 is 0 Å². The van der Waals surface area contributed by atoms with Crippen LogP contribution in [0.5, 0.6) is 5.75 Å². The molecule has 44 heavy (non-hydrogen) atoms. The first-order valence-electron chi connectivity index (χ1n) is 14.7. The zero-order valence-corrected chi connectivity index (χ0v) is 26.7. The van der Waals surface area contributed by atoms with Crippen molar-refractivity contribution in [3.8, 4) is 5.75 Å². The molecule has 3 aromatic rings. The molecular weight excluding hydrogens is 576 g/mol. The number of aryl methyl sites for hydroxylation is 2. The van der Waals surface area contributed by atoms with Gasteiger partial charge in [-0.1, -0.05) is 60.7 Å². The Morgan fingerprint density at radius 1 is 1.02 bits per heavy atom. The van der Waals surface area contributed by atoms with E-state index in [0.29, 0.717) is 11.4 Å². The molecule has 0 aliphatic carbocycles. The van der Waals surface area contributed by atoms with E-state index in [9.17, 15) is 19.5 Å². The van der Waals surface area contributed by atoms with Crippen molar-refractivity contribution in [2.75, 3.05) is 18.2 Å². The van der Waals surface area contributed by atoms with Gasteiger partial charge in [0.05, 0.1) is 11.9 Å². The van der Waals surface area contributed by atoms with Crippen molar-refractivity contribution < 1.29 is 24.2 Å². The lowest BCUT2D eigenvalue weighted by atomic mass is 9.97. The molecule has 0 radical (unpaired) electrons.